The molecule has 0 atom stereocenters. The monoisotopic (exact) mass is 1250 g/mol. The predicted octanol–water partition coefficient (Wildman–Crippen LogP) is 24.3. The highest BCUT2D eigenvalue weighted by Gasteiger charge is 2.22. The summed E-state index contributed by atoms with van der Waals surface area (Å²) in [5, 5.41) is 20.1. The standard InChI is InChI=1S/2C46H29N3/c1-2-14-33-30(12-1)13-11-23-40(33)49-44-22-10-6-18-37(44)39-29-32(25-27-46(39)49)48-43-21-9-5-17-36(43)38-28-31(24-26-45(38)48)47-41-19-7-3-15-34(41)35-16-4-8-20-42(35)47;1-2-12-31-27-32(22-21-30(31)11-1)47-43-19-9-5-15-37(43)39-29-34(24-25-45(39)47)49-44-20-10-6-16-38(44)40-28-33(23-26-46(40)49)48-41-17-7-3-13-35(41)36-14-4-8-18-42(36)48/h2*1-29H. The molecule has 0 saturated carbocycles. The Bertz CT molecular complexity index is 6960. The van der Waals surface area contributed by atoms with E-state index in [4.69, 9.17) is 0 Å². The van der Waals surface area contributed by atoms with E-state index in [1.807, 2.05) is 0 Å². The van der Waals surface area contributed by atoms with E-state index in [1.165, 1.54) is 175 Å². The molecular formula is C92H58N6. The van der Waals surface area contributed by atoms with Crippen LogP contribution in [-0.4, -0.2) is 27.4 Å². The topological polar surface area (TPSA) is 29.6 Å². The summed E-state index contributed by atoms with van der Waals surface area (Å²) in [5.41, 5.74) is 21.5. The summed E-state index contributed by atoms with van der Waals surface area (Å²) in [6.45, 7) is 0. The zero-order valence-electron chi connectivity index (χ0n) is 53.2. The number of hydrogen-bond donors (Lipinski definition) is 0. The van der Waals surface area contributed by atoms with Crippen LogP contribution in [0.5, 0.6) is 0 Å². The van der Waals surface area contributed by atoms with Crippen LogP contribution >= 0.6 is 0 Å². The highest BCUT2D eigenvalue weighted by atomic mass is 15.0. The van der Waals surface area contributed by atoms with Crippen LogP contribution in [0, 0.1) is 0 Å². The Kier molecular flexibility index (Phi) is 11.7. The van der Waals surface area contributed by atoms with Crippen molar-refractivity contribution in [1.29, 1.82) is 0 Å². The molecule has 0 amide bonds. The van der Waals surface area contributed by atoms with Crippen LogP contribution in [-0.2, 0) is 0 Å². The summed E-state index contributed by atoms with van der Waals surface area (Å²) < 4.78 is 14.5. The van der Waals surface area contributed by atoms with E-state index in [9.17, 15) is 0 Å². The maximum atomic E-state index is 2.43. The van der Waals surface area contributed by atoms with Crippen molar-refractivity contribution in [3.8, 4) is 34.1 Å². The zero-order valence-corrected chi connectivity index (χ0v) is 53.2. The van der Waals surface area contributed by atoms with Crippen LogP contribution < -0.4 is 0 Å². The average molecular weight is 1250 g/mol. The minimum Gasteiger partial charge on any atom is -0.309 e. The number of rotatable bonds is 6. The van der Waals surface area contributed by atoms with Crippen LogP contribution in [0.4, 0.5) is 0 Å². The van der Waals surface area contributed by atoms with Gasteiger partial charge in [0.05, 0.1) is 71.9 Å². The van der Waals surface area contributed by atoms with Gasteiger partial charge in [-0.05, 0) is 156 Å². The normalized spacial score (nSPS) is 12.1. The molecule has 6 aromatic heterocycles. The Morgan fingerprint density at radius 3 is 0.694 bits per heavy atom. The smallest absolute Gasteiger partial charge is 0.0542 e. The van der Waals surface area contributed by atoms with Crippen molar-refractivity contribution in [3.63, 3.8) is 0 Å². The molecule has 98 heavy (non-hydrogen) atoms. The van der Waals surface area contributed by atoms with Crippen molar-refractivity contribution in [2.24, 2.45) is 0 Å². The van der Waals surface area contributed by atoms with Gasteiger partial charge in [-0.1, -0.05) is 212 Å². The summed E-state index contributed by atoms with van der Waals surface area (Å²) in [5.74, 6) is 0. The van der Waals surface area contributed by atoms with Gasteiger partial charge in [0.15, 0.2) is 0 Å². The van der Waals surface area contributed by atoms with Crippen LogP contribution in [0.15, 0.2) is 352 Å². The quantitative estimate of drug-likeness (QED) is 0.159. The molecule has 6 heterocycles. The van der Waals surface area contributed by atoms with E-state index in [-0.39, 0.29) is 0 Å². The van der Waals surface area contributed by atoms with Crippen molar-refractivity contribution in [3.05, 3.63) is 352 Å². The van der Waals surface area contributed by atoms with E-state index in [1.54, 1.807) is 0 Å². The molecule has 0 aliphatic carbocycles. The fraction of sp³-hybridized carbons (Fsp3) is 0. The fourth-order valence-electron chi connectivity index (χ4n) is 16.6. The van der Waals surface area contributed by atoms with Gasteiger partial charge in [0.25, 0.3) is 0 Å². The first-order chi connectivity index (χ1) is 48.6. The lowest BCUT2D eigenvalue weighted by Crippen LogP contribution is -1.97. The van der Waals surface area contributed by atoms with Gasteiger partial charge in [0.1, 0.15) is 0 Å². The Hall–Kier alpha value is -13.2. The molecule has 22 rings (SSSR count). The molecule has 6 heteroatoms. The number of para-hydroxylation sites is 8. The SMILES string of the molecule is c1ccc2c(-n3c4ccccc4c4cc(-n5c6ccccc6c6cc(-n7c8ccccc8c8ccccc87)ccc65)ccc43)cccc2c1.c1ccc2cc(-n3c4ccccc4c4cc(-n5c6ccccc6c6cc(-n7c8ccccc8c8ccccc87)ccc65)ccc43)ccc2c1. The third kappa shape index (κ3) is 7.97. The van der Waals surface area contributed by atoms with Gasteiger partial charge in [-0.2, -0.15) is 0 Å². The largest absolute Gasteiger partial charge is 0.309 e. The molecule has 0 bridgehead atoms. The molecule has 0 N–H and O–H groups in total. The summed E-state index contributed by atoms with van der Waals surface area (Å²) >= 11 is 0. The fourth-order valence-corrected chi connectivity index (χ4v) is 16.6. The van der Waals surface area contributed by atoms with E-state index in [0.29, 0.717) is 0 Å². The van der Waals surface area contributed by atoms with Crippen molar-refractivity contribution in [2.45, 2.75) is 0 Å². The second-order valence-corrected chi connectivity index (χ2v) is 26.0. The molecule has 22 aromatic rings. The third-order valence-electron chi connectivity index (χ3n) is 20.8. The van der Waals surface area contributed by atoms with E-state index in [2.05, 4.69) is 379 Å². The Labute approximate surface area is 562 Å². The van der Waals surface area contributed by atoms with Crippen LogP contribution in [0.3, 0.4) is 0 Å². The first-order valence-electron chi connectivity index (χ1n) is 33.7. The predicted molar refractivity (Wildman–Crippen MR) is 414 cm³/mol. The van der Waals surface area contributed by atoms with Crippen LogP contribution in [0.25, 0.3) is 187 Å². The second-order valence-electron chi connectivity index (χ2n) is 26.0. The molecule has 0 spiro atoms. The van der Waals surface area contributed by atoms with Gasteiger partial charge in [-0.3, -0.25) is 0 Å². The van der Waals surface area contributed by atoms with Crippen molar-refractivity contribution < 1.29 is 0 Å². The first-order valence-corrected chi connectivity index (χ1v) is 33.7. The minimum atomic E-state index is 1.16. The molecule has 0 saturated heterocycles. The minimum absolute atomic E-state index is 1.16. The number of fused-ring (bicyclic) bond motifs is 20. The van der Waals surface area contributed by atoms with Crippen molar-refractivity contribution in [2.75, 3.05) is 0 Å². The number of nitrogens with zero attached hydrogens (tertiary/aromatic N) is 6. The second kappa shape index (κ2) is 21.2. The first kappa shape index (κ1) is 54.3. The maximum Gasteiger partial charge on any atom is 0.0542 e. The molecule has 0 aliphatic heterocycles. The Balaban J connectivity index is 0.000000129. The number of aromatic nitrogens is 6. The molecule has 0 unspecified atom stereocenters. The average Bonchev–Trinajstić information content (AvgIpc) is 1.58. The van der Waals surface area contributed by atoms with E-state index < -0.39 is 0 Å². The van der Waals surface area contributed by atoms with Gasteiger partial charge < -0.3 is 27.4 Å². The summed E-state index contributed by atoms with van der Waals surface area (Å²) in [6.07, 6.45) is 0. The van der Waals surface area contributed by atoms with Gasteiger partial charge in [-0.15, -0.1) is 0 Å². The summed E-state index contributed by atoms with van der Waals surface area (Å²) in [6, 6.07) is 129. The number of benzene rings is 16. The van der Waals surface area contributed by atoms with Crippen molar-refractivity contribution >= 4 is 152 Å². The molecular weight excluding hydrogens is 1190 g/mol. The van der Waals surface area contributed by atoms with Gasteiger partial charge >= 0.3 is 0 Å². The summed E-state index contributed by atoms with van der Waals surface area (Å²) in [4.78, 5) is 0. The molecule has 0 fully saturated rings. The van der Waals surface area contributed by atoms with E-state index in [0.717, 1.165) is 11.4 Å². The highest BCUT2D eigenvalue weighted by molar-refractivity contribution is 6.17. The molecule has 0 radical (unpaired) electrons. The highest BCUT2D eigenvalue weighted by Crippen LogP contribution is 2.43. The van der Waals surface area contributed by atoms with Crippen LogP contribution in [0.2, 0.25) is 0 Å². The van der Waals surface area contributed by atoms with Gasteiger partial charge in [0, 0.05) is 98.5 Å². The zero-order chi connectivity index (χ0) is 64.1. The van der Waals surface area contributed by atoms with Crippen LogP contribution in [0.1, 0.15) is 0 Å². The maximum absolute atomic E-state index is 2.43. The van der Waals surface area contributed by atoms with Gasteiger partial charge in [0.2, 0.25) is 0 Å². The van der Waals surface area contributed by atoms with E-state index >= 15 is 0 Å². The van der Waals surface area contributed by atoms with Crippen molar-refractivity contribution in [1.82, 2.24) is 27.4 Å². The Morgan fingerprint density at radius 1 is 0.122 bits per heavy atom. The van der Waals surface area contributed by atoms with Gasteiger partial charge in [-0.25, -0.2) is 0 Å². The lowest BCUT2D eigenvalue weighted by atomic mass is 10.1. The third-order valence-corrected chi connectivity index (χ3v) is 20.8. The lowest BCUT2D eigenvalue weighted by Gasteiger charge is -2.13. The molecule has 0 aliphatic rings. The lowest BCUT2D eigenvalue weighted by molar-refractivity contribution is 1.16. The number of hydrogen-bond acceptors (Lipinski definition) is 0. The molecule has 16 aromatic carbocycles. The molecule has 456 valence electrons. The molecule has 6 nitrogen and oxygen atoms in total. The Morgan fingerprint density at radius 2 is 0.347 bits per heavy atom. The summed E-state index contributed by atoms with van der Waals surface area (Å²) in [7, 11) is 0.